The van der Waals surface area contributed by atoms with Crippen molar-refractivity contribution >= 4 is 17.6 Å². The Morgan fingerprint density at radius 1 is 1.14 bits per heavy atom. The topological polar surface area (TPSA) is 78.6 Å². The first kappa shape index (κ1) is 8.55. The fraction of sp³-hybridized carbons (Fsp3) is 0.111. The van der Waals surface area contributed by atoms with Gasteiger partial charge in [0.15, 0.2) is 11.5 Å². The minimum Gasteiger partial charge on any atom is -0.422 e. The highest BCUT2D eigenvalue weighted by atomic mass is 16.6. The second-order valence-electron chi connectivity index (χ2n) is 2.80. The van der Waals surface area contributed by atoms with E-state index < -0.39 is 18.4 Å². The number of carbonyl (C=O) groups is 2. The second kappa shape index (κ2) is 3.02. The van der Waals surface area contributed by atoms with Gasteiger partial charge >= 0.3 is 11.9 Å². The first-order chi connectivity index (χ1) is 6.66. The van der Waals surface area contributed by atoms with Crippen LogP contribution in [0.3, 0.4) is 0 Å². The lowest BCUT2D eigenvalue weighted by Gasteiger charge is -2.06. The number of ether oxygens (including phenoxy) is 2. The number of carbonyl (C=O) groups excluding carboxylic acids is 2. The van der Waals surface area contributed by atoms with Crippen LogP contribution in [0.1, 0.15) is 6.42 Å². The molecule has 2 rings (SSSR count). The van der Waals surface area contributed by atoms with E-state index in [-0.39, 0.29) is 17.2 Å². The van der Waals surface area contributed by atoms with Crippen molar-refractivity contribution in [1.82, 2.24) is 0 Å². The Labute approximate surface area is 79.4 Å². The third-order valence-electron chi connectivity index (χ3n) is 1.74. The fourth-order valence-corrected chi connectivity index (χ4v) is 1.15. The van der Waals surface area contributed by atoms with Crippen molar-refractivity contribution in [3.8, 4) is 11.5 Å². The van der Waals surface area contributed by atoms with Crippen LogP contribution in [-0.4, -0.2) is 11.9 Å². The van der Waals surface area contributed by atoms with Gasteiger partial charge in [-0.15, -0.1) is 0 Å². The van der Waals surface area contributed by atoms with Gasteiger partial charge in [-0.3, -0.25) is 9.59 Å². The summed E-state index contributed by atoms with van der Waals surface area (Å²) in [7, 11) is 0. The maximum absolute atomic E-state index is 11.0. The molecule has 0 saturated carbocycles. The molecule has 5 nitrogen and oxygen atoms in total. The first-order valence-corrected chi connectivity index (χ1v) is 3.96. The summed E-state index contributed by atoms with van der Waals surface area (Å²) in [6, 6.07) is 4.69. The summed E-state index contributed by atoms with van der Waals surface area (Å²) >= 11 is 0. The number of hydrogen-bond acceptors (Lipinski definition) is 5. The number of benzene rings is 1. The third-order valence-corrected chi connectivity index (χ3v) is 1.74. The zero-order chi connectivity index (χ0) is 10.1. The standard InChI is InChI=1S/C9H7NO4/c10-5-2-1-3-6-9(5)14-8(12)4-7(11)13-6/h1-3H,4,10H2. The summed E-state index contributed by atoms with van der Waals surface area (Å²) in [4.78, 5) is 22.0. The van der Waals surface area contributed by atoms with Gasteiger partial charge in [0, 0.05) is 0 Å². The molecule has 1 aromatic carbocycles. The molecule has 1 aliphatic rings. The highest BCUT2D eigenvalue weighted by molar-refractivity contribution is 5.95. The maximum Gasteiger partial charge on any atom is 0.322 e. The van der Waals surface area contributed by atoms with Gasteiger partial charge in [-0.1, -0.05) is 6.07 Å². The predicted molar refractivity (Wildman–Crippen MR) is 46.7 cm³/mol. The minimum atomic E-state index is -0.661. The van der Waals surface area contributed by atoms with Crippen molar-refractivity contribution in [3.63, 3.8) is 0 Å². The van der Waals surface area contributed by atoms with E-state index in [0.29, 0.717) is 0 Å². The Morgan fingerprint density at radius 2 is 1.86 bits per heavy atom. The Morgan fingerprint density at radius 3 is 2.64 bits per heavy atom. The van der Waals surface area contributed by atoms with E-state index in [1.54, 1.807) is 12.1 Å². The molecule has 0 fully saturated rings. The van der Waals surface area contributed by atoms with Gasteiger partial charge in [0.05, 0.1) is 5.69 Å². The molecule has 14 heavy (non-hydrogen) atoms. The van der Waals surface area contributed by atoms with Gasteiger partial charge in [-0.2, -0.15) is 0 Å². The van der Waals surface area contributed by atoms with Crippen LogP contribution in [0.2, 0.25) is 0 Å². The van der Waals surface area contributed by atoms with Crippen molar-refractivity contribution in [2.45, 2.75) is 6.42 Å². The molecule has 2 N–H and O–H groups in total. The summed E-state index contributed by atoms with van der Waals surface area (Å²) in [6.07, 6.45) is -0.395. The van der Waals surface area contributed by atoms with E-state index in [1.165, 1.54) is 6.07 Å². The summed E-state index contributed by atoms with van der Waals surface area (Å²) < 4.78 is 9.69. The molecule has 1 aromatic rings. The highest BCUT2D eigenvalue weighted by Crippen LogP contribution is 2.35. The average molecular weight is 193 g/mol. The molecule has 0 atom stereocenters. The molecule has 0 unspecified atom stereocenters. The number of hydrogen-bond donors (Lipinski definition) is 1. The molecule has 0 aromatic heterocycles. The average Bonchev–Trinajstić information content (AvgIpc) is 2.23. The third kappa shape index (κ3) is 1.39. The summed E-state index contributed by atoms with van der Waals surface area (Å²) in [5.74, 6) is -1.00. The molecule has 5 heteroatoms. The van der Waals surface area contributed by atoms with Crippen molar-refractivity contribution < 1.29 is 19.1 Å². The summed E-state index contributed by atoms with van der Waals surface area (Å²) in [5.41, 5.74) is 5.82. The summed E-state index contributed by atoms with van der Waals surface area (Å²) in [6.45, 7) is 0. The lowest BCUT2D eigenvalue weighted by Crippen LogP contribution is -2.13. The van der Waals surface area contributed by atoms with Gasteiger partial charge in [0.2, 0.25) is 0 Å². The SMILES string of the molecule is Nc1cccc2c1OC(=O)CC(=O)O2. The van der Waals surface area contributed by atoms with Gasteiger partial charge in [-0.25, -0.2) is 0 Å². The molecule has 0 amide bonds. The quantitative estimate of drug-likeness (QED) is 0.280. The fourth-order valence-electron chi connectivity index (χ4n) is 1.15. The second-order valence-corrected chi connectivity index (χ2v) is 2.80. The van der Waals surface area contributed by atoms with E-state index in [0.717, 1.165) is 0 Å². The lowest BCUT2D eigenvalue weighted by atomic mass is 10.3. The Kier molecular flexibility index (Phi) is 1.85. The smallest absolute Gasteiger partial charge is 0.322 e. The van der Waals surface area contributed by atoms with Crippen LogP contribution in [0.5, 0.6) is 11.5 Å². The van der Waals surface area contributed by atoms with Crippen LogP contribution in [-0.2, 0) is 9.59 Å². The minimum absolute atomic E-state index is 0.114. The van der Waals surface area contributed by atoms with E-state index in [1.807, 2.05) is 0 Å². The number of para-hydroxylation sites is 1. The van der Waals surface area contributed by atoms with E-state index in [2.05, 4.69) is 0 Å². The Hall–Kier alpha value is -2.04. The molecular weight excluding hydrogens is 186 g/mol. The van der Waals surface area contributed by atoms with E-state index in [4.69, 9.17) is 15.2 Å². The largest absolute Gasteiger partial charge is 0.422 e. The van der Waals surface area contributed by atoms with Crippen LogP contribution < -0.4 is 15.2 Å². The molecule has 0 saturated heterocycles. The molecule has 0 bridgehead atoms. The molecule has 1 aliphatic heterocycles. The number of anilines is 1. The van der Waals surface area contributed by atoms with Crippen LogP contribution in [0, 0.1) is 0 Å². The van der Waals surface area contributed by atoms with Crippen LogP contribution >= 0.6 is 0 Å². The van der Waals surface area contributed by atoms with E-state index in [9.17, 15) is 9.59 Å². The predicted octanol–water partition coefficient (Wildman–Crippen LogP) is 0.483. The maximum atomic E-state index is 11.0. The van der Waals surface area contributed by atoms with Gasteiger partial charge in [0.25, 0.3) is 0 Å². The lowest BCUT2D eigenvalue weighted by molar-refractivity contribution is -0.142. The summed E-state index contributed by atoms with van der Waals surface area (Å²) in [5, 5.41) is 0. The number of rotatable bonds is 0. The molecule has 72 valence electrons. The van der Waals surface area contributed by atoms with Gasteiger partial charge in [-0.05, 0) is 12.1 Å². The number of fused-ring (bicyclic) bond motifs is 1. The molecule has 1 heterocycles. The number of esters is 2. The number of nitrogens with two attached hydrogens (primary N) is 1. The highest BCUT2D eigenvalue weighted by Gasteiger charge is 2.23. The van der Waals surface area contributed by atoms with Crippen molar-refractivity contribution in [2.75, 3.05) is 5.73 Å². The molecule has 0 spiro atoms. The van der Waals surface area contributed by atoms with E-state index >= 15 is 0 Å². The zero-order valence-corrected chi connectivity index (χ0v) is 7.15. The molecular formula is C9H7NO4. The number of nitrogen functional groups attached to an aromatic ring is 1. The first-order valence-electron chi connectivity index (χ1n) is 3.96. The van der Waals surface area contributed by atoms with Crippen molar-refractivity contribution in [2.24, 2.45) is 0 Å². The van der Waals surface area contributed by atoms with Gasteiger partial charge < -0.3 is 15.2 Å². The monoisotopic (exact) mass is 193 g/mol. The van der Waals surface area contributed by atoms with Crippen molar-refractivity contribution in [3.05, 3.63) is 18.2 Å². The Bertz CT molecular complexity index is 413. The van der Waals surface area contributed by atoms with Gasteiger partial charge in [0.1, 0.15) is 6.42 Å². The zero-order valence-electron chi connectivity index (χ0n) is 7.15. The molecule has 0 radical (unpaired) electrons. The van der Waals surface area contributed by atoms with Crippen LogP contribution in [0.4, 0.5) is 5.69 Å². The van der Waals surface area contributed by atoms with Crippen LogP contribution in [0.25, 0.3) is 0 Å². The normalized spacial score (nSPS) is 15.1. The van der Waals surface area contributed by atoms with Crippen molar-refractivity contribution in [1.29, 1.82) is 0 Å². The van der Waals surface area contributed by atoms with Crippen LogP contribution in [0.15, 0.2) is 18.2 Å². The molecule has 0 aliphatic carbocycles. The Balaban J connectivity index is 2.51.